The molecule has 2 aliphatic carbocycles. The third kappa shape index (κ3) is 2.64. The quantitative estimate of drug-likeness (QED) is 0.725. The zero-order chi connectivity index (χ0) is 20.7. The zero-order valence-corrected chi connectivity index (χ0v) is 18.3. The van der Waals surface area contributed by atoms with E-state index in [2.05, 4.69) is 39.6 Å². The van der Waals surface area contributed by atoms with Gasteiger partial charge >= 0.3 is 0 Å². The molecule has 158 valence electrons. The van der Waals surface area contributed by atoms with Crippen LogP contribution in [-0.4, -0.2) is 36.6 Å². The average molecular weight is 406 g/mol. The second-order valence-corrected chi connectivity index (χ2v) is 10.2. The maximum Gasteiger partial charge on any atom is 0.159 e. The molecular weight excluding hydrogens is 374 g/mol. The van der Waals surface area contributed by atoms with Gasteiger partial charge in [-0.2, -0.15) is 10.2 Å². The van der Waals surface area contributed by atoms with Gasteiger partial charge < -0.3 is 10.6 Å². The number of aromatic nitrogens is 5. The molecule has 2 N–H and O–H groups in total. The Balaban J connectivity index is 1.32. The van der Waals surface area contributed by atoms with Gasteiger partial charge in [-0.3, -0.25) is 9.36 Å². The lowest BCUT2D eigenvalue weighted by Gasteiger charge is -2.32. The van der Waals surface area contributed by atoms with Gasteiger partial charge in [0.15, 0.2) is 5.65 Å². The Hall–Kier alpha value is -2.41. The Bertz CT molecular complexity index is 1150. The second-order valence-electron chi connectivity index (χ2n) is 10.2. The van der Waals surface area contributed by atoms with Gasteiger partial charge in [0, 0.05) is 55.6 Å². The van der Waals surface area contributed by atoms with Crippen molar-refractivity contribution in [2.75, 3.05) is 11.4 Å². The molecule has 0 aromatic carbocycles. The van der Waals surface area contributed by atoms with Crippen LogP contribution >= 0.6 is 0 Å². The van der Waals surface area contributed by atoms with E-state index >= 15 is 0 Å². The van der Waals surface area contributed by atoms with Crippen molar-refractivity contribution < 1.29 is 0 Å². The van der Waals surface area contributed by atoms with E-state index in [1.807, 2.05) is 17.9 Å². The van der Waals surface area contributed by atoms with E-state index in [4.69, 9.17) is 10.8 Å². The highest BCUT2D eigenvalue weighted by molar-refractivity contribution is 5.89. The molecule has 3 aromatic heterocycles. The zero-order valence-electron chi connectivity index (χ0n) is 18.3. The third-order valence-electron chi connectivity index (χ3n) is 8.01. The van der Waals surface area contributed by atoms with Crippen molar-refractivity contribution in [2.45, 2.75) is 71.0 Å². The number of hydrogen-bond donors (Lipinski definition) is 1. The van der Waals surface area contributed by atoms with E-state index in [1.165, 1.54) is 54.7 Å². The van der Waals surface area contributed by atoms with Crippen LogP contribution in [0.1, 0.15) is 54.7 Å². The normalized spacial score (nSPS) is 27.9. The molecule has 3 aliphatic rings. The van der Waals surface area contributed by atoms with E-state index in [0.717, 1.165) is 42.8 Å². The van der Waals surface area contributed by atoms with E-state index in [0.29, 0.717) is 5.41 Å². The molecule has 0 saturated heterocycles. The van der Waals surface area contributed by atoms with Crippen LogP contribution in [0.25, 0.3) is 11.0 Å². The van der Waals surface area contributed by atoms with Crippen LogP contribution in [0.2, 0.25) is 0 Å². The van der Waals surface area contributed by atoms with Gasteiger partial charge in [-0.25, -0.2) is 4.98 Å². The summed E-state index contributed by atoms with van der Waals surface area (Å²) in [5.41, 5.74) is 14.3. The fraction of sp³-hybridized carbons (Fsp3) is 0.609. The second kappa shape index (κ2) is 6.06. The van der Waals surface area contributed by atoms with Crippen molar-refractivity contribution in [1.82, 2.24) is 24.5 Å². The van der Waals surface area contributed by atoms with Crippen molar-refractivity contribution in [3.63, 3.8) is 0 Å². The molecule has 1 aliphatic heterocycles. The summed E-state index contributed by atoms with van der Waals surface area (Å²) in [5.74, 6) is 0. The first-order valence-corrected chi connectivity index (χ1v) is 11.2. The molecule has 0 spiro atoms. The minimum absolute atomic E-state index is 0.105. The largest absolute Gasteiger partial charge is 0.366 e. The number of pyridine rings is 1. The van der Waals surface area contributed by atoms with Crippen LogP contribution in [0.15, 0.2) is 12.3 Å². The fourth-order valence-electron chi connectivity index (χ4n) is 6.39. The van der Waals surface area contributed by atoms with Crippen LogP contribution in [0.5, 0.6) is 0 Å². The molecule has 4 heterocycles. The number of rotatable bonds is 3. The molecule has 6 rings (SSSR count). The minimum atomic E-state index is 0.105. The van der Waals surface area contributed by atoms with Crippen LogP contribution in [-0.2, 0) is 26.6 Å². The third-order valence-corrected chi connectivity index (χ3v) is 8.01. The van der Waals surface area contributed by atoms with Gasteiger partial charge in [0.1, 0.15) is 0 Å². The predicted octanol–water partition coefficient (Wildman–Crippen LogP) is 3.01. The Morgan fingerprint density at radius 2 is 1.97 bits per heavy atom. The van der Waals surface area contributed by atoms with Crippen molar-refractivity contribution in [2.24, 2.45) is 18.2 Å². The maximum absolute atomic E-state index is 6.58. The summed E-state index contributed by atoms with van der Waals surface area (Å²) in [6.07, 6.45) is 9.05. The number of nitrogens with zero attached hydrogens (tertiary/aromatic N) is 6. The van der Waals surface area contributed by atoms with Crippen LogP contribution < -0.4 is 10.6 Å². The van der Waals surface area contributed by atoms with E-state index < -0.39 is 0 Å². The molecule has 0 amide bonds. The molecule has 3 aromatic rings. The molecule has 2 bridgehead atoms. The van der Waals surface area contributed by atoms with Crippen LogP contribution in [0.3, 0.4) is 0 Å². The Kier molecular flexibility index (Phi) is 3.71. The maximum atomic E-state index is 6.58. The van der Waals surface area contributed by atoms with Gasteiger partial charge in [-0.15, -0.1) is 0 Å². The summed E-state index contributed by atoms with van der Waals surface area (Å²) in [7, 11) is 1.96. The fourth-order valence-corrected chi connectivity index (χ4v) is 6.39. The smallest absolute Gasteiger partial charge is 0.159 e. The van der Waals surface area contributed by atoms with Gasteiger partial charge in [-0.1, -0.05) is 0 Å². The highest BCUT2D eigenvalue weighted by Gasteiger charge is 2.52. The van der Waals surface area contributed by atoms with Crippen molar-refractivity contribution in [3.8, 4) is 0 Å². The lowest BCUT2D eigenvalue weighted by atomic mass is 9.84. The van der Waals surface area contributed by atoms with Crippen molar-refractivity contribution in [3.05, 3.63) is 34.9 Å². The number of aryl methyl sites for hydroxylation is 3. The molecule has 7 nitrogen and oxygen atoms in total. The summed E-state index contributed by atoms with van der Waals surface area (Å²) < 4.78 is 4.21. The Morgan fingerprint density at radius 3 is 2.70 bits per heavy atom. The summed E-state index contributed by atoms with van der Waals surface area (Å²) in [6.45, 7) is 7.18. The Labute approximate surface area is 177 Å². The Morgan fingerprint density at radius 1 is 1.17 bits per heavy atom. The predicted molar refractivity (Wildman–Crippen MR) is 117 cm³/mol. The number of nitrogens with two attached hydrogens (primary N) is 1. The molecule has 0 atom stereocenters. The summed E-state index contributed by atoms with van der Waals surface area (Å²) in [5, 5.41) is 10.6. The van der Waals surface area contributed by atoms with Crippen molar-refractivity contribution >= 4 is 16.7 Å². The summed E-state index contributed by atoms with van der Waals surface area (Å²) >= 11 is 0. The van der Waals surface area contributed by atoms with Crippen LogP contribution in [0, 0.1) is 19.3 Å². The van der Waals surface area contributed by atoms with E-state index in [1.54, 1.807) is 0 Å². The SMILES string of the molecule is Cc1cc(N2CCc3c(c(C)nn3CC34CCC(N)(CC3)C4)C2)c2cnn(C)c2n1. The molecule has 0 unspecified atom stereocenters. The molecule has 2 fully saturated rings. The number of anilines is 1. The van der Waals surface area contributed by atoms with E-state index in [9.17, 15) is 0 Å². The molecule has 7 heteroatoms. The van der Waals surface area contributed by atoms with E-state index in [-0.39, 0.29) is 5.54 Å². The van der Waals surface area contributed by atoms with Gasteiger partial charge in [0.2, 0.25) is 0 Å². The summed E-state index contributed by atoms with van der Waals surface area (Å²) in [4.78, 5) is 7.17. The highest BCUT2D eigenvalue weighted by atomic mass is 15.3. The van der Waals surface area contributed by atoms with Gasteiger partial charge in [0.05, 0.1) is 23.0 Å². The molecular formula is C23H31N7. The lowest BCUT2D eigenvalue weighted by Crippen LogP contribution is -2.33. The molecule has 0 radical (unpaired) electrons. The monoisotopic (exact) mass is 405 g/mol. The molecule has 2 saturated carbocycles. The highest BCUT2D eigenvalue weighted by Crippen LogP contribution is 2.56. The summed E-state index contributed by atoms with van der Waals surface area (Å²) in [6, 6.07) is 2.20. The molecule has 30 heavy (non-hydrogen) atoms. The lowest BCUT2D eigenvalue weighted by molar-refractivity contribution is 0.233. The number of hydrogen-bond acceptors (Lipinski definition) is 5. The first-order chi connectivity index (χ1) is 14.3. The van der Waals surface area contributed by atoms with Gasteiger partial charge in [-0.05, 0) is 57.4 Å². The van der Waals surface area contributed by atoms with Crippen LogP contribution in [0.4, 0.5) is 5.69 Å². The topological polar surface area (TPSA) is 77.8 Å². The average Bonchev–Trinajstić information content (AvgIpc) is 3.43. The number of fused-ring (bicyclic) bond motifs is 4. The minimum Gasteiger partial charge on any atom is -0.366 e. The first-order valence-electron chi connectivity index (χ1n) is 11.2. The van der Waals surface area contributed by atoms with Gasteiger partial charge in [0.25, 0.3) is 0 Å². The standard InChI is InChI=1S/C23H31N7/c1-15-10-20(17-11-25-28(3)21(17)26-15)29-9-4-19-18(12-29)16(2)27-30(19)14-22-5-7-23(24,13-22)8-6-22/h10-11H,4-9,12-14,24H2,1-3H3. The first kappa shape index (κ1) is 18.4. The van der Waals surface area contributed by atoms with Crippen molar-refractivity contribution in [1.29, 1.82) is 0 Å².